The summed E-state index contributed by atoms with van der Waals surface area (Å²) in [6.07, 6.45) is 4.87. The summed E-state index contributed by atoms with van der Waals surface area (Å²) in [6.45, 7) is 9.90. The molecular formula is C36H41FN4O6S. The molecule has 0 spiro atoms. The number of hydrogen-bond acceptors (Lipinski definition) is 8. The van der Waals surface area contributed by atoms with E-state index in [1.54, 1.807) is 42.5 Å². The third kappa shape index (κ3) is 8.94. The highest BCUT2D eigenvalue weighted by molar-refractivity contribution is 7.14. The number of nitrogens with one attached hydrogen (secondary N) is 2. The largest absolute Gasteiger partial charge is 0.493 e. The smallest absolute Gasteiger partial charge is 0.325 e. The van der Waals surface area contributed by atoms with E-state index in [1.165, 1.54) is 37.8 Å². The van der Waals surface area contributed by atoms with Crippen molar-refractivity contribution in [3.63, 3.8) is 0 Å². The van der Waals surface area contributed by atoms with Crippen LogP contribution < -0.4 is 20.1 Å². The summed E-state index contributed by atoms with van der Waals surface area (Å²) < 4.78 is 26.4. The number of benzene rings is 2. The van der Waals surface area contributed by atoms with Gasteiger partial charge in [0.1, 0.15) is 12.1 Å². The lowest BCUT2D eigenvalue weighted by Gasteiger charge is -2.20. The third-order valence-corrected chi connectivity index (χ3v) is 9.07. The number of aromatic nitrogens is 2. The van der Waals surface area contributed by atoms with Gasteiger partial charge in [-0.1, -0.05) is 58.4 Å². The second kappa shape index (κ2) is 15.8. The maximum atomic E-state index is 15.5. The number of carbonyl (C=O) groups excluding carboxylic acids is 2. The maximum absolute atomic E-state index is 15.5. The van der Waals surface area contributed by atoms with Crippen LogP contribution in [0.25, 0.3) is 22.5 Å². The van der Waals surface area contributed by atoms with E-state index in [9.17, 15) is 19.5 Å². The van der Waals surface area contributed by atoms with E-state index in [1.807, 2.05) is 33.8 Å². The predicted molar refractivity (Wildman–Crippen MR) is 183 cm³/mol. The van der Waals surface area contributed by atoms with Crippen molar-refractivity contribution in [1.29, 1.82) is 0 Å². The normalized spacial score (nSPS) is 12.6. The average Bonchev–Trinajstić information content (AvgIpc) is 3.57. The van der Waals surface area contributed by atoms with Gasteiger partial charge in [0.05, 0.1) is 18.6 Å². The molecule has 4 aromatic rings. The van der Waals surface area contributed by atoms with Gasteiger partial charge in [0.25, 0.3) is 5.91 Å². The zero-order valence-electron chi connectivity index (χ0n) is 27.9. The monoisotopic (exact) mass is 676 g/mol. The molecule has 254 valence electrons. The number of unbranched alkanes of at least 4 members (excludes halogenated alkanes) is 1. The maximum Gasteiger partial charge on any atom is 0.325 e. The van der Waals surface area contributed by atoms with Crippen LogP contribution in [0, 0.1) is 5.82 Å². The van der Waals surface area contributed by atoms with Crippen LogP contribution in [0.2, 0.25) is 0 Å². The topological polar surface area (TPSA) is 140 Å². The molecule has 2 atom stereocenters. The third-order valence-electron chi connectivity index (χ3n) is 7.56. The molecule has 0 bridgehead atoms. The van der Waals surface area contributed by atoms with Crippen LogP contribution in [0.3, 0.4) is 0 Å². The number of aliphatic carboxylic acids is 1. The molecule has 2 aromatic heterocycles. The molecule has 1 unspecified atom stereocenters. The molecule has 3 N–H and O–H groups in total. The van der Waals surface area contributed by atoms with Gasteiger partial charge in [-0.3, -0.25) is 14.4 Å². The molecule has 2 heterocycles. The number of carboxylic acid groups (broad SMARTS) is 1. The van der Waals surface area contributed by atoms with Crippen LogP contribution in [0.15, 0.2) is 60.9 Å². The summed E-state index contributed by atoms with van der Waals surface area (Å²) in [5.41, 5.74) is 2.01. The number of halogens is 1. The quantitative estimate of drug-likeness (QED) is 0.130. The second-order valence-corrected chi connectivity index (χ2v) is 13.4. The summed E-state index contributed by atoms with van der Waals surface area (Å²) in [5.74, 6) is -2.01. The lowest BCUT2D eigenvalue weighted by atomic mass is 9.95. The molecule has 0 saturated heterocycles. The fraction of sp³-hybridized carbons (Fsp3) is 0.361. The first kappa shape index (κ1) is 36.0. The summed E-state index contributed by atoms with van der Waals surface area (Å²) >= 11 is 1.35. The lowest BCUT2D eigenvalue weighted by molar-refractivity contribution is -0.141. The molecule has 0 radical (unpaired) electrons. The number of ether oxygens (including phenoxy) is 2. The Bertz CT molecular complexity index is 1730. The van der Waals surface area contributed by atoms with Crippen LogP contribution in [-0.4, -0.2) is 58.7 Å². The minimum Gasteiger partial charge on any atom is -0.493 e. The number of rotatable bonds is 14. The molecule has 10 nitrogen and oxygen atoms in total. The summed E-state index contributed by atoms with van der Waals surface area (Å²) in [6, 6.07) is 11.8. The molecule has 0 aliphatic rings. The summed E-state index contributed by atoms with van der Waals surface area (Å²) in [7, 11) is 1.46. The highest BCUT2D eigenvalue weighted by Crippen LogP contribution is 2.37. The highest BCUT2D eigenvalue weighted by atomic mass is 32.1. The van der Waals surface area contributed by atoms with Crippen LogP contribution in [-0.2, 0) is 21.4 Å². The van der Waals surface area contributed by atoms with E-state index in [2.05, 4.69) is 20.6 Å². The number of carboxylic acids is 1. The Balaban J connectivity index is 1.51. The molecule has 4 rings (SSSR count). The average molecular weight is 677 g/mol. The first-order valence-corrected chi connectivity index (χ1v) is 16.5. The van der Waals surface area contributed by atoms with E-state index >= 15 is 4.39 Å². The number of hydrogen-bond donors (Lipinski definition) is 3. The predicted octanol–water partition coefficient (Wildman–Crippen LogP) is 6.43. The van der Waals surface area contributed by atoms with E-state index in [-0.39, 0.29) is 23.1 Å². The SMILES string of the molecule is CCCCOc1c(OC)ccc(-c2cnc(-c3ccc(CC(NC(=O)c4ccc(C(C)(C)C)s4)C(=O)N[C@H](C)C(=O)O)cc3)nc2)c1F. The first-order valence-electron chi connectivity index (χ1n) is 15.7. The van der Waals surface area contributed by atoms with E-state index in [4.69, 9.17) is 9.47 Å². The van der Waals surface area contributed by atoms with Gasteiger partial charge < -0.3 is 25.2 Å². The number of thiophene rings is 1. The van der Waals surface area contributed by atoms with Gasteiger partial charge in [0, 0.05) is 40.4 Å². The molecule has 0 saturated carbocycles. The first-order chi connectivity index (χ1) is 22.8. The number of amides is 2. The number of methoxy groups -OCH3 is 1. The van der Waals surface area contributed by atoms with Crippen molar-refractivity contribution < 1.29 is 33.4 Å². The van der Waals surface area contributed by atoms with Crippen molar-refractivity contribution in [2.45, 2.75) is 71.4 Å². The highest BCUT2D eigenvalue weighted by Gasteiger charge is 2.27. The van der Waals surface area contributed by atoms with Crippen LogP contribution in [0.1, 0.15) is 67.6 Å². The van der Waals surface area contributed by atoms with Crippen molar-refractivity contribution in [1.82, 2.24) is 20.6 Å². The lowest BCUT2D eigenvalue weighted by Crippen LogP contribution is -2.51. The number of carbonyl (C=O) groups is 3. The zero-order valence-corrected chi connectivity index (χ0v) is 28.7. The van der Waals surface area contributed by atoms with Crippen molar-refractivity contribution >= 4 is 29.1 Å². The Morgan fingerprint density at radius 2 is 1.67 bits per heavy atom. The van der Waals surface area contributed by atoms with Gasteiger partial charge in [0.15, 0.2) is 23.1 Å². The molecule has 12 heteroatoms. The molecule has 0 aliphatic carbocycles. The second-order valence-electron chi connectivity index (χ2n) is 12.4. The van der Waals surface area contributed by atoms with Gasteiger partial charge in [0.2, 0.25) is 5.91 Å². The standard InChI is InChI=1S/C36H41FN4O6S/c1-7-8-17-47-31-27(46-6)14-13-25(30(31)37)24-19-38-32(39-20-24)23-11-9-22(10-12-23)18-26(33(42)40-21(2)35(44)45)41-34(43)28-15-16-29(48-28)36(3,4)5/h9-16,19-21,26H,7-8,17-18H2,1-6H3,(H,40,42)(H,41,43)(H,44,45)/t21-,26?/m1/s1. The van der Waals surface area contributed by atoms with Gasteiger partial charge in [-0.05, 0) is 48.6 Å². The fourth-order valence-electron chi connectivity index (χ4n) is 4.69. The Morgan fingerprint density at radius 1 is 0.979 bits per heavy atom. The minimum absolute atomic E-state index is 0.0498. The van der Waals surface area contributed by atoms with Crippen molar-refractivity contribution in [3.05, 3.63) is 82.1 Å². The van der Waals surface area contributed by atoms with Gasteiger partial charge in [-0.25, -0.2) is 14.4 Å². The van der Waals surface area contributed by atoms with Crippen LogP contribution >= 0.6 is 11.3 Å². The van der Waals surface area contributed by atoms with Gasteiger partial charge >= 0.3 is 5.97 Å². The Hall–Kier alpha value is -4.84. The Morgan fingerprint density at radius 3 is 2.25 bits per heavy atom. The molecule has 0 fully saturated rings. The van der Waals surface area contributed by atoms with Crippen molar-refractivity contribution in [2.24, 2.45) is 0 Å². The molecular weight excluding hydrogens is 635 g/mol. The Kier molecular flexibility index (Phi) is 11.9. The molecule has 2 aromatic carbocycles. The van der Waals surface area contributed by atoms with Gasteiger partial charge in [-0.15, -0.1) is 11.3 Å². The van der Waals surface area contributed by atoms with Crippen molar-refractivity contribution in [3.8, 4) is 34.0 Å². The molecule has 0 aliphatic heterocycles. The van der Waals surface area contributed by atoms with Crippen LogP contribution in [0.4, 0.5) is 4.39 Å². The summed E-state index contributed by atoms with van der Waals surface area (Å²) in [5, 5.41) is 14.5. The molecule has 48 heavy (non-hydrogen) atoms. The summed E-state index contributed by atoms with van der Waals surface area (Å²) in [4.78, 5) is 48.1. The van der Waals surface area contributed by atoms with E-state index in [0.29, 0.717) is 34.2 Å². The van der Waals surface area contributed by atoms with E-state index in [0.717, 1.165) is 23.3 Å². The van der Waals surface area contributed by atoms with E-state index < -0.39 is 35.7 Å². The van der Waals surface area contributed by atoms with Gasteiger partial charge in [-0.2, -0.15) is 0 Å². The van der Waals surface area contributed by atoms with Crippen molar-refractivity contribution in [2.75, 3.05) is 13.7 Å². The van der Waals surface area contributed by atoms with Crippen LogP contribution in [0.5, 0.6) is 11.5 Å². The molecule has 2 amide bonds. The minimum atomic E-state index is -1.19. The Labute approximate surface area is 283 Å². The zero-order chi connectivity index (χ0) is 35.0. The fourth-order valence-corrected chi connectivity index (χ4v) is 5.66. The number of nitrogens with zero attached hydrogens (tertiary/aromatic N) is 2.